The van der Waals surface area contributed by atoms with Crippen LogP contribution >= 0.6 is 0 Å². The molecule has 0 heterocycles. The minimum Gasteiger partial charge on any atom is -0.467 e. The molecule has 2 rings (SSSR count). The Bertz CT molecular complexity index is 830. The number of esters is 2. The Morgan fingerprint density at radius 2 is 1.39 bits per heavy atom. The predicted molar refractivity (Wildman–Crippen MR) is 105 cm³/mol. The second kappa shape index (κ2) is 9.50. The first kappa shape index (κ1) is 20.9. The number of nitrogens with one attached hydrogen (secondary N) is 1. The van der Waals surface area contributed by atoms with Crippen LogP contribution in [0.3, 0.4) is 0 Å². The second-order valence-electron chi connectivity index (χ2n) is 6.13. The van der Waals surface area contributed by atoms with Gasteiger partial charge in [-0.3, -0.25) is 4.79 Å². The van der Waals surface area contributed by atoms with Gasteiger partial charge < -0.3 is 14.8 Å². The zero-order valence-electron chi connectivity index (χ0n) is 16.0. The molecular weight excluding hydrogens is 358 g/mol. The SMILES string of the molecule is COC(=O)C(NC(C)=O)(C(=O)OC)C(/C=C/c1ccccc1)c1ccccc1. The largest absolute Gasteiger partial charge is 0.467 e. The van der Waals surface area contributed by atoms with E-state index < -0.39 is 29.3 Å². The molecular formula is C22H23NO5. The van der Waals surface area contributed by atoms with Gasteiger partial charge >= 0.3 is 11.9 Å². The fraction of sp³-hybridized carbons (Fsp3) is 0.227. The van der Waals surface area contributed by atoms with E-state index >= 15 is 0 Å². The van der Waals surface area contributed by atoms with E-state index in [9.17, 15) is 14.4 Å². The molecule has 2 aromatic carbocycles. The Balaban J connectivity index is 2.70. The van der Waals surface area contributed by atoms with Gasteiger partial charge in [0.25, 0.3) is 0 Å². The Morgan fingerprint density at radius 3 is 1.86 bits per heavy atom. The van der Waals surface area contributed by atoms with Crippen molar-refractivity contribution in [3.63, 3.8) is 0 Å². The smallest absolute Gasteiger partial charge is 0.344 e. The van der Waals surface area contributed by atoms with E-state index in [2.05, 4.69) is 5.32 Å². The Morgan fingerprint density at radius 1 is 0.893 bits per heavy atom. The van der Waals surface area contributed by atoms with Gasteiger partial charge in [0.05, 0.1) is 14.2 Å². The highest BCUT2D eigenvalue weighted by atomic mass is 16.5. The van der Waals surface area contributed by atoms with Crippen LogP contribution in [0, 0.1) is 0 Å². The minimum absolute atomic E-state index is 0.565. The molecule has 0 fully saturated rings. The van der Waals surface area contributed by atoms with Crippen molar-refractivity contribution in [1.82, 2.24) is 5.32 Å². The predicted octanol–water partition coefficient (Wildman–Crippen LogP) is 2.70. The summed E-state index contributed by atoms with van der Waals surface area (Å²) in [5.41, 5.74) is -0.559. The maximum Gasteiger partial charge on any atom is 0.344 e. The third kappa shape index (κ3) is 4.46. The van der Waals surface area contributed by atoms with E-state index in [1.54, 1.807) is 36.4 Å². The molecule has 0 saturated carbocycles. The second-order valence-corrected chi connectivity index (χ2v) is 6.13. The molecule has 0 aliphatic carbocycles. The van der Waals surface area contributed by atoms with Crippen molar-refractivity contribution in [2.24, 2.45) is 0 Å². The molecule has 2 aromatic rings. The van der Waals surface area contributed by atoms with Crippen LogP contribution in [0.25, 0.3) is 6.08 Å². The molecule has 0 bridgehead atoms. The van der Waals surface area contributed by atoms with E-state index in [1.807, 2.05) is 36.4 Å². The summed E-state index contributed by atoms with van der Waals surface area (Å²) in [5.74, 6) is -3.26. The number of benzene rings is 2. The summed E-state index contributed by atoms with van der Waals surface area (Å²) < 4.78 is 9.81. The summed E-state index contributed by atoms with van der Waals surface area (Å²) in [6.45, 7) is 1.23. The highest BCUT2D eigenvalue weighted by molar-refractivity contribution is 6.09. The van der Waals surface area contributed by atoms with Crippen molar-refractivity contribution >= 4 is 23.9 Å². The normalized spacial score (nSPS) is 12.2. The molecule has 1 atom stereocenters. The van der Waals surface area contributed by atoms with E-state index in [1.165, 1.54) is 6.92 Å². The van der Waals surface area contributed by atoms with Gasteiger partial charge in [-0.1, -0.05) is 72.8 Å². The van der Waals surface area contributed by atoms with E-state index in [0.717, 1.165) is 19.8 Å². The summed E-state index contributed by atoms with van der Waals surface area (Å²) in [6, 6.07) is 18.3. The summed E-state index contributed by atoms with van der Waals surface area (Å²) in [6.07, 6.45) is 3.47. The molecule has 1 N–H and O–H groups in total. The van der Waals surface area contributed by atoms with Crippen molar-refractivity contribution in [2.45, 2.75) is 18.4 Å². The lowest BCUT2D eigenvalue weighted by Crippen LogP contribution is -2.63. The van der Waals surface area contributed by atoms with Crippen molar-refractivity contribution in [1.29, 1.82) is 0 Å². The lowest BCUT2D eigenvalue weighted by Gasteiger charge is -2.34. The van der Waals surface area contributed by atoms with Gasteiger partial charge in [-0.25, -0.2) is 9.59 Å². The number of hydrogen-bond donors (Lipinski definition) is 1. The Labute approximate surface area is 164 Å². The van der Waals surface area contributed by atoms with E-state index in [0.29, 0.717) is 5.56 Å². The lowest BCUT2D eigenvalue weighted by atomic mass is 9.78. The lowest BCUT2D eigenvalue weighted by molar-refractivity contribution is -0.166. The number of ether oxygens (including phenoxy) is 2. The molecule has 146 valence electrons. The maximum atomic E-state index is 12.8. The maximum absolute atomic E-state index is 12.8. The molecule has 6 heteroatoms. The van der Waals surface area contributed by atoms with Crippen molar-refractivity contribution in [2.75, 3.05) is 14.2 Å². The van der Waals surface area contributed by atoms with Crippen LogP contribution in [0.4, 0.5) is 0 Å². The first-order valence-electron chi connectivity index (χ1n) is 8.69. The summed E-state index contributed by atoms with van der Waals surface area (Å²) in [5, 5.41) is 2.49. The van der Waals surface area contributed by atoms with Crippen molar-refractivity contribution < 1.29 is 23.9 Å². The molecule has 0 aromatic heterocycles. The summed E-state index contributed by atoms with van der Waals surface area (Å²) in [4.78, 5) is 37.6. The number of carbonyl (C=O) groups excluding carboxylic acids is 3. The van der Waals surface area contributed by atoms with Gasteiger partial charge in [-0.2, -0.15) is 0 Å². The third-order valence-electron chi connectivity index (χ3n) is 4.29. The molecule has 0 aliphatic rings. The first-order chi connectivity index (χ1) is 13.5. The molecule has 0 radical (unpaired) electrons. The molecule has 28 heavy (non-hydrogen) atoms. The number of hydrogen-bond acceptors (Lipinski definition) is 5. The van der Waals surface area contributed by atoms with E-state index in [4.69, 9.17) is 9.47 Å². The van der Waals surface area contributed by atoms with Gasteiger partial charge in [-0.15, -0.1) is 0 Å². The highest BCUT2D eigenvalue weighted by Crippen LogP contribution is 2.33. The van der Waals surface area contributed by atoms with E-state index in [-0.39, 0.29) is 0 Å². The highest BCUT2D eigenvalue weighted by Gasteiger charge is 2.55. The summed E-state index contributed by atoms with van der Waals surface area (Å²) >= 11 is 0. The van der Waals surface area contributed by atoms with Crippen LogP contribution in [0.1, 0.15) is 24.0 Å². The quantitative estimate of drug-likeness (QED) is 0.589. The summed E-state index contributed by atoms with van der Waals surface area (Å²) in [7, 11) is 2.32. The molecule has 1 unspecified atom stereocenters. The zero-order chi connectivity index (χ0) is 20.6. The fourth-order valence-electron chi connectivity index (χ4n) is 3.05. The number of carbonyl (C=O) groups is 3. The average Bonchev–Trinajstić information content (AvgIpc) is 2.73. The monoisotopic (exact) mass is 381 g/mol. The minimum atomic E-state index is -2.07. The van der Waals surface area contributed by atoms with Crippen LogP contribution in [0.5, 0.6) is 0 Å². The van der Waals surface area contributed by atoms with Gasteiger partial charge in [-0.05, 0) is 11.1 Å². The Kier molecular flexibility index (Phi) is 7.09. The van der Waals surface area contributed by atoms with Crippen molar-refractivity contribution in [3.05, 3.63) is 77.9 Å². The van der Waals surface area contributed by atoms with Crippen LogP contribution in [0.15, 0.2) is 66.7 Å². The van der Waals surface area contributed by atoms with Crippen LogP contribution < -0.4 is 5.32 Å². The van der Waals surface area contributed by atoms with Gasteiger partial charge in [0.2, 0.25) is 11.4 Å². The molecule has 0 saturated heterocycles. The van der Waals surface area contributed by atoms with Crippen molar-refractivity contribution in [3.8, 4) is 0 Å². The van der Waals surface area contributed by atoms with Crippen LogP contribution in [-0.4, -0.2) is 37.6 Å². The molecule has 1 amide bonds. The fourth-order valence-corrected chi connectivity index (χ4v) is 3.05. The van der Waals surface area contributed by atoms with Gasteiger partial charge in [0.15, 0.2) is 0 Å². The average molecular weight is 381 g/mol. The zero-order valence-corrected chi connectivity index (χ0v) is 16.0. The third-order valence-corrected chi connectivity index (χ3v) is 4.29. The number of amides is 1. The first-order valence-corrected chi connectivity index (χ1v) is 8.69. The topological polar surface area (TPSA) is 81.7 Å². The molecule has 0 aliphatic heterocycles. The standard InChI is InChI=1S/C22H23NO5/c1-16(24)23-22(20(25)27-2,21(26)28-3)19(18-12-8-5-9-13-18)15-14-17-10-6-4-7-11-17/h4-15,19H,1-3H3,(H,23,24)/b15-14+. The molecule has 6 nitrogen and oxygen atoms in total. The van der Waals surface area contributed by atoms with Crippen LogP contribution in [0.2, 0.25) is 0 Å². The van der Waals surface area contributed by atoms with Gasteiger partial charge in [0.1, 0.15) is 0 Å². The number of rotatable bonds is 7. The Hall–Kier alpha value is -3.41. The number of methoxy groups -OCH3 is 2. The molecule has 0 spiro atoms. The van der Waals surface area contributed by atoms with Gasteiger partial charge in [0, 0.05) is 12.8 Å². The van der Waals surface area contributed by atoms with Crippen LogP contribution in [-0.2, 0) is 23.9 Å².